The van der Waals surface area contributed by atoms with Crippen LogP contribution < -0.4 is 5.32 Å². The molecule has 0 saturated carbocycles. The Morgan fingerprint density at radius 1 is 1.27 bits per heavy atom. The van der Waals surface area contributed by atoms with Gasteiger partial charge in [-0.3, -0.25) is 9.59 Å². The van der Waals surface area contributed by atoms with E-state index in [1.54, 1.807) is 11.0 Å². The van der Waals surface area contributed by atoms with E-state index in [1.807, 2.05) is 0 Å². The van der Waals surface area contributed by atoms with Crippen LogP contribution in [0.4, 0.5) is 0 Å². The fourth-order valence-electron chi connectivity index (χ4n) is 2.82. The summed E-state index contributed by atoms with van der Waals surface area (Å²) in [6, 6.07) is 1.68. The minimum Gasteiger partial charge on any atom is -0.472 e. The Bertz CT molecular complexity index is 462. The number of nitrogens with one attached hydrogen (secondary N) is 1. The molecule has 1 fully saturated rings. The molecule has 1 N–H and O–H groups in total. The fourth-order valence-corrected chi connectivity index (χ4v) is 2.82. The third kappa shape index (κ3) is 4.61. The number of piperidine rings is 1. The number of unbranched alkanes of at least 4 members (excludes halogenated alkanes) is 3. The van der Waals surface area contributed by atoms with Gasteiger partial charge < -0.3 is 14.6 Å². The van der Waals surface area contributed by atoms with Crippen LogP contribution in [0.2, 0.25) is 0 Å². The number of hydrogen-bond donors (Lipinski definition) is 1. The fraction of sp³-hybridized carbons (Fsp3) is 0.647. The Labute approximate surface area is 132 Å². The molecule has 0 bridgehead atoms. The molecule has 22 heavy (non-hydrogen) atoms. The van der Waals surface area contributed by atoms with Gasteiger partial charge in [-0.15, -0.1) is 0 Å². The number of furan rings is 1. The molecule has 1 aromatic heterocycles. The maximum Gasteiger partial charge on any atom is 0.257 e. The van der Waals surface area contributed by atoms with Crippen LogP contribution in [0.25, 0.3) is 0 Å². The first-order valence-electron chi connectivity index (χ1n) is 8.31. The highest BCUT2D eigenvalue weighted by Crippen LogP contribution is 2.19. The lowest BCUT2D eigenvalue weighted by atomic mass is 9.95. The van der Waals surface area contributed by atoms with E-state index in [0.717, 1.165) is 25.8 Å². The highest BCUT2D eigenvalue weighted by molar-refractivity contribution is 5.94. The van der Waals surface area contributed by atoms with Crippen molar-refractivity contribution in [2.24, 2.45) is 5.92 Å². The molecule has 0 spiro atoms. The molecule has 2 amide bonds. The molecule has 1 saturated heterocycles. The Morgan fingerprint density at radius 3 is 2.68 bits per heavy atom. The summed E-state index contributed by atoms with van der Waals surface area (Å²) in [5, 5.41) is 3.03. The van der Waals surface area contributed by atoms with E-state index in [2.05, 4.69) is 12.2 Å². The van der Waals surface area contributed by atoms with Gasteiger partial charge in [-0.05, 0) is 25.3 Å². The topological polar surface area (TPSA) is 62.6 Å². The van der Waals surface area contributed by atoms with Gasteiger partial charge in [0.05, 0.1) is 11.8 Å². The number of rotatable bonds is 7. The zero-order valence-electron chi connectivity index (χ0n) is 13.3. The lowest BCUT2D eigenvalue weighted by molar-refractivity contribution is -0.126. The number of nitrogens with zero attached hydrogens (tertiary/aromatic N) is 1. The van der Waals surface area contributed by atoms with Crippen molar-refractivity contribution in [2.45, 2.75) is 45.4 Å². The molecule has 5 nitrogen and oxygen atoms in total. The van der Waals surface area contributed by atoms with Crippen molar-refractivity contribution in [2.75, 3.05) is 19.6 Å². The second-order valence-electron chi connectivity index (χ2n) is 5.93. The van der Waals surface area contributed by atoms with Gasteiger partial charge in [0.25, 0.3) is 5.91 Å². The molecule has 0 aliphatic carbocycles. The van der Waals surface area contributed by atoms with E-state index >= 15 is 0 Å². The first-order chi connectivity index (χ1) is 10.7. The summed E-state index contributed by atoms with van der Waals surface area (Å²) in [5.41, 5.74) is 0.582. The molecule has 0 atom stereocenters. The highest BCUT2D eigenvalue weighted by Gasteiger charge is 2.27. The molecular weight excluding hydrogens is 280 g/mol. The molecular formula is C17H26N2O3. The first kappa shape index (κ1) is 16.6. The SMILES string of the molecule is CCCCCCNC(=O)C1CCN(C(=O)c2ccoc2)CC1. The molecule has 1 aliphatic rings. The van der Waals surface area contributed by atoms with E-state index in [1.165, 1.54) is 31.8 Å². The largest absolute Gasteiger partial charge is 0.472 e. The lowest BCUT2D eigenvalue weighted by Gasteiger charge is -2.31. The summed E-state index contributed by atoms with van der Waals surface area (Å²) < 4.78 is 4.95. The summed E-state index contributed by atoms with van der Waals surface area (Å²) >= 11 is 0. The van der Waals surface area contributed by atoms with Gasteiger partial charge in [-0.25, -0.2) is 0 Å². The third-order valence-electron chi connectivity index (χ3n) is 4.25. The summed E-state index contributed by atoms with van der Waals surface area (Å²) in [4.78, 5) is 26.1. The lowest BCUT2D eigenvalue weighted by Crippen LogP contribution is -2.43. The third-order valence-corrected chi connectivity index (χ3v) is 4.25. The van der Waals surface area contributed by atoms with E-state index in [0.29, 0.717) is 18.7 Å². The van der Waals surface area contributed by atoms with Crippen molar-refractivity contribution in [1.82, 2.24) is 10.2 Å². The van der Waals surface area contributed by atoms with Gasteiger partial charge in [-0.1, -0.05) is 26.2 Å². The van der Waals surface area contributed by atoms with Gasteiger partial charge >= 0.3 is 0 Å². The van der Waals surface area contributed by atoms with Crippen LogP contribution in [0.5, 0.6) is 0 Å². The number of amides is 2. The van der Waals surface area contributed by atoms with E-state index in [-0.39, 0.29) is 17.7 Å². The minimum absolute atomic E-state index is 0.00725. The molecule has 0 aromatic carbocycles. The predicted molar refractivity (Wildman–Crippen MR) is 84.5 cm³/mol. The summed E-state index contributed by atoms with van der Waals surface area (Å²) in [5.74, 6) is 0.179. The molecule has 1 aliphatic heterocycles. The van der Waals surface area contributed by atoms with Crippen molar-refractivity contribution in [3.05, 3.63) is 24.2 Å². The van der Waals surface area contributed by atoms with Crippen LogP contribution in [0, 0.1) is 5.92 Å². The van der Waals surface area contributed by atoms with E-state index in [9.17, 15) is 9.59 Å². The summed E-state index contributed by atoms with van der Waals surface area (Å²) in [7, 11) is 0. The number of carbonyl (C=O) groups is 2. The first-order valence-corrected chi connectivity index (χ1v) is 8.31. The van der Waals surface area contributed by atoms with Crippen molar-refractivity contribution < 1.29 is 14.0 Å². The normalized spacial score (nSPS) is 15.8. The van der Waals surface area contributed by atoms with Crippen molar-refractivity contribution in [3.8, 4) is 0 Å². The molecule has 122 valence electrons. The zero-order valence-corrected chi connectivity index (χ0v) is 13.3. The molecule has 2 heterocycles. The zero-order chi connectivity index (χ0) is 15.8. The number of hydrogen-bond acceptors (Lipinski definition) is 3. The van der Waals surface area contributed by atoms with E-state index < -0.39 is 0 Å². The Morgan fingerprint density at radius 2 is 2.05 bits per heavy atom. The quantitative estimate of drug-likeness (QED) is 0.788. The number of likely N-dealkylation sites (tertiary alicyclic amines) is 1. The van der Waals surface area contributed by atoms with Gasteiger partial charge in [0, 0.05) is 25.6 Å². The van der Waals surface area contributed by atoms with Gasteiger partial charge in [0.1, 0.15) is 6.26 Å². The highest BCUT2D eigenvalue weighted by atomic mass is 16.3. The summed E-state index contributed by atoms with van der Waals surface area (Å²) in [6.07, 6.45) is 9.12. The average molecular weight is 306 g/mol. The Hall–Kier alpha value is -1.78. The van der Waals surface area contributed by atoms with Gasteiger partial charge in [0.15, 0.2) is 0 Å². The standard InChI is InChI=1S/C17H26N2O3/c1-2-3-4-5-9-18-16(20)14-6-10-19(11-7-14)17(21)15-8-12-22-13-15/h8,12-14H,2-7,9-11H2,1H3,(H,18,20). The molecule has 0 unspecified atom stereocenters. The number of carbonyl (C=O) groups excluding carboxylic acids is 2. The second kappa shape index (κ2) is 8.61. The van der Waals surface area contributed by atoms with Crippen LogP contribution in [0.3, 0.4) is 0 Å². The smallest absolute Gasteiger partial charge is 0.257 e. The minimum atomic E-state index is -0.00725. The predicted octanol–water partition coefficient (Wildman–Crippen LogP) is 2.83. The second-order valence-corrected chi connectivity index (χ2v) is 5.93. The van der Waals surface area contributed by atoms with Crippen molar-refractivity contribution >= 4 is 11.8 Å². The van der Waals surface area contributed by atoms with Crippen LogP contribution in [0.1, 0.15) is 55.8 Å². The molecule has 2 rings (SSSR count). The van der Waals surface area contributed by atoms with Gasteiger partial charge in [-0.2, -0.15) is 0 Å². The maximum absolute atomic E-state index is 12.2. The van der Waals surface area contributed by atoms with Crippen LogP contribution in [-0.2, 0) is 4.79 Å². The Kier molecular flexibility index (Phi) is 6.49. The van der Waals surface area contributed by atoms with E-state index in [4.69, 9.17) is 4.42 Å². The monoisotopic (exact) mass is 306 g/mol. The average Bonchev–Trinajstić information content (AvgIpc) is 3.08. The van der Waals surface area contributed by atoms with Crippen LogP contribution in [-0.4, -0.2) is 36.3 Å². The molecule has 0 radical (unpaired) electrons. The molecule has 5 heteroatoms. The molecule has 1 aromatic rings. The van der Waals surface area contributed by atoms with Crippen LogP contribution in [0.15, 0.2) is 23.0 Å². The van der Waals surface area contributed by atoms with Crippen molar-refractivity contribution in [3.63, 3.8) is 0 Å². The van der Waals surface area contributed by atoms with Crippen molar-refractivity contribution in [1.29, 1.82) is 0 Å². The summed E-state index contributed by atoms with van der Waals surface area (Å²) in [6.45, 7) is 4.22. The Balaban J connectivity index is 1.68. The van der Waals surface area contributed by atoms with Gasteiger partial charge in [0.2, 0.25) is 5.91 Å². The maximum atomic E-state index is 12.2. The van der Waals surface area contributed by atoms with Crippen LogP contribution >= 0.6 is 0 Å².